The fraction of sp³-hybridized carbons (Fsp3) is 0.308. The molecule has 1 aromatic carbocycles. The lowest BCUT2D eigenvalue weighted by Crippen LogP contribution is -2.27. The smallest absolute Gasteiger partial charge is 0.311 e. The van der Waals surface area contributed by atoms with Crippen LogP contribution in [0.2, 0.25) is 0 Å². The fourth-order valence-electron chi connectivity index (χ4n) is 2.04. The Balaban J connectivity index is 2.36. The number of rotatable bonds is 6. The molecule has 0 aliphatic heterocycles. The van der Waals surface area contributed by atoms with Gasteiger partial charge in [0, 0.05) is 38.3 Å². The summed E-state index contributed by atoms with van der Waals surface area (Å²) in [5.74, 6) is 0.141. The van der Waals surface area contributed by atoms with Crippen molar-refractivity contribution in [2.24, 2.45) is 0 Å². The average molecular weight is 340 g/mol. The number of hydrogen-bond acceptors (Lipinski definition) is 6. The molecule has 0 N–H and O–H groups in total. The average Bonchev–Trinajstić information content (AvgIpc) is 2.96. The molecule has 23 heavy (non-hydrogen) atoms. The second-order valence-electron chi connectivity index (χ2n) is 4.89. The van der Waals surface area contributed by atoms with Crippen LogP contribution in [0.1, 0.15) is 11.3 Å². The van der Waals surface area contributed by atoms with Gasteiger partial charge in [0.25, 0.3) is 0 Å². The molecule has 0 fully saturated rings. The summed E-state index contributed by atoms with van der Waals surface area (Å²) in [6, 6.07) is 4.56. The van der Waals surface area contributed by atoms with Gasteiger partial charge in [-0.1, -0.05) is 12.1 Å². The molecule has 0 amide bonds. The SMILES string of the molecule is COc1c(Cc2cn(S(=O)(=O)N(C)C)cn2)cccc1[N+](=O)[O-]. The van der Waals surface area contributed by atoms with Crippen molar-refractivity contribution < 1.29 is 18.1 Å². The molecule has 10 heteroatoms. The lowest BCUT2D eigenvalue weighted by molar-refractivity contribution is -0.385. The van der Waals surface area contributed by atoms with Crippen LogP contribution >= 0.6 is 0 Å². The van der Waals surface area contributed by atoms with Crippen molar-refractivity contribution in [1.82, 2.24) is 13.3 Å². The molecule has 1 aromatic heterocycles. The number of hydrogen-bond donors (Lipinski definition) is 0. The molecule has 1 heterocycles. The maximum absolute atomic E-state index is 12.0. The molecular formula is C13H16N4O5S. The molecular weight excluding hydrogens is 324 g/mol. The number of para-hydroxylation sites is 1. The van der Waals surface area contributed by atoms with Crippen molar-refractivity contribution in [3.8, 4) is 5.75 Å². The number of ether oxygens (including phenoxy) is 1. The minimum atomic E-state index is -3.64. The highest BCUT2D eigenvalue weighted by atomic mass is 32.2. The summed E-state index contributed by atoms with van der Waals surface area (Å²) >= 11 is 0. The number of benzene rings is 1. The monoisotopic (exact) mass is 340 g/mol. The quantitative estimate of drug-likeness (QED) is 0.574. The Bertz CT molecular complexity index is 829. The maximum atomic E-state index is 12.0. The third kappa shape index (κ3) is 3.32. The number of aromatic nitrogens is 2. The summed E-state index contributed by atoms with van der Waals surface area (Å²) in [6.45, 7) is 0. The van der Waals surface area contributed by atoms with Gasteiger partial charge in [0.05, 0.1) is 17.7 Å². The van der Waals surface area contributed by atoms with E-state index in [1.54, 1.807) is 12.1 Å². The Morgan fingerprint density at radius 1 is 1.39 bits per heavy atom. The second-order valence-corrected chi connectivity index (χ2v) is 6.94. The van der Waals surface area contributed by atoms with Crippen LogP contribution in [0.25, 0.3) is 0 Å². The zero-order valence-corrected chi connectivity index (χ0v) is 13.6. The maximum Gasteiger partial charge on any atom is 0.311 e. The Kier molecular flexibility index (Phi) is 4.66. The number of methoxy groups -OCH3 is 1. The van der Waals surface area contributed by atoms with Crippen molar-refractivity contribution in [3.05, 3.63) is 52.1 Å². The Morgan fingerprint density at radius 3 is 2.65 bits per heavy atom. The van der Waals surface area contributed by atoms with Gasteiger partial charge in [-0.3, -0.25) is 10.1 Å². The van der Waals surface area contributed by atoms with Crippen LogP contribution in [0.4, 0.5) is 5.69 Å². The van der Waals surface area contributed by atoms with E-state index in [1.165, 1.54) is 39.8 Å². The third-order valence-electron chi connectivity index (χ3n) is 3.19. The van der Waals surface area contributed by atoms with E-state index in [-0.39, 0.29) is 17.9 Å². The van der Waals surface area contributed by atoms with Crippen molar-refractivity contribution in [1.29, 1.82) is 0 Å². The molecule has 2 rings (SSSR count). The lowest BCUT2D eigenvalue weighted by atomic mass is 10.1. The molecule has 0 saturated carbocycles. The van der Waals surface area contributed by atoms with Gasteiger partial charge in [0.15, 0.2) is 5.75 Å². The first-order valence-electron chi connectivity index (χ1n) is 6.53. The van der Waals surface area contributed by atoms with E-state index in [9.17, 15) is 18.5 Å². The normalized spacial score (nSPS) is 11.7. The number of nitrogens with zero attached hydrogens (tertiary/aromatic N) is 4. The van der Waals surface area contributed by atoms with Crippen molar-refractivity contribution in [3.63, 3.8) is 0 Å². The molecule has 0 saturated heterocycles. The highest BCUT2D eigenvalue weighted by molar-refractivity contribution is 7.87. The van der Waals surface area contributed by atoms with E-state index in [2.05, 4.69) is 4.98 Å². The van der Waals surface area contributed by atoms with Crippen LogP contribution < -0.4 is 4.74 Å². The summed E-state index contributed by atoms with van der Waals surface area (Å²) in [7, 11) is 0.541. The van der Waals surface area contributed by atoms with E-state index in [1.807, 2.05) is 0 Å². The van der Waals surface area contributed by atoms with E-state index in [4.69, 9.17) is 4.74 Å². The predicted octanol–water partition coefficient (Wildman–Crippen LogP) is 1.05. The fourth-order valence-corrected chi connectivity index (χ4v) is 2.83. The zero-order valence-electron chi connectivity index (χ0n) is 12.8. The standard InChI is InChI=1S/C13H16N4O5S/c1-15(2)23(20,21)16-8-11(14-9-16)7-10-5-4-6-12(17(18)19)13(10)22-3/h4-6,8-9H,7H2,1-3H3. The van der Waals surface area contributed by atoms with Gasteiger partial charge in [-0.25, -0.2) is 8.96 Å². The van der Waals surface area contributed by atoms with E-state index < -0.39 is 15.1 Å². The number of nitro benzene ring substituents is 1. The molecule has 0 radical (unpaired) electrons. The molecule has 0 aliphatic carbocycles. The molecule has 0 aliphatic rings. The van der Waals surface area contributed by atoms with Gasteiger partial charge in [0.1, 0.15) is 6.33 Å². The van der Waals surface area contributed by atoms with Crippen LogP contribution in [0.15, 0.2) is 30.7 Å². The molecule has 0 atom stereocenters. The Morgan fingerprint density at radius 2 is 2.09 bits per heavy atom. The summed E-state index contributed by atoms with van der Waals surface area (Å²) in [6.07, 6.45) is 2.77. The summed E-state index contributed by atoms with van der Waals surface area (Å²) < 4.78 is 31.2. The Labute approximate surface area is 133 Å². The van der Waals surface area contributed by atoms with Gasteiger partial charge < -0.3 is 4.74 Å². The Hall–Kier alpha value is -2.46. The minimum Gasteiger partial charge on any atom is -0.490 e. The third-order valence-corrected chi connectivity index (χ3v) is 4.85. The van der Waals surface area contributed by atoms with Gasteiger partial charge in [-0.2, -0.15) is 12.7 Å². The van der Waals surface area contributed by atoms with Gasteiger partial charge in [-0.15, -0.1) is 0 Å². The molecule has 2 aromatic rings. The van der Waals surface area contributed by atoms with E-state index >= 15 is 0 Å². The van der Waals surface area contributed by atoms with Gasteiger partial charge in [0.2, 0.25) is 0 Å². The van der Waals surface area contributed by atoms with Crippen molar-refractivity contribution >= 4 is 15.9 Å². The van der Waals surface area contributed by atoms with E-state index in [0.717, 1.165) is 8.28 Å². The summed E-state index contributed by atoms with van der Waals surface area (Å²) in [5.41, 5.74) is 0.855. The van der Waals surface area contributed by atoms with Crippen LogP contribution in [0.5, 0.6) is 5.75 Å². The molecule has 124 valence electrons. The molecule has 0 bridgehead atoms. The first kappa shape index (κ1) is 16.9. The van der Waals surface area contributed by atoms with E-state index in [0.29, 0.717) is 11.3 Å². The summed E-state index contributed by atoms with van der Waals surface area (Å²) in [5, 5.41) is 11.0. The number of imidazole rings is 1. The lowest BCUT2D eigenvalue weighted by Gasteiger charge is -2.10. The summed E-state index contributed by atoms with van der Waals surface area (Å²) in [4.78, 5) is 14.5. The van der Waals surface area contributed by atoms with Crippen molar-refractivity contribution in [2.45, 2.75) is 6.42 Å². The zero-order chi connectivity index (χ0) is 17.2. The molecule has 0 unspecified atom stereocenters. The minimum absolute atomic E-state index is 0.141. The highest BCUT2D eigenvalue weighted by Crippen LogP contribution is 2.31. The second kappa shape index (κ2) is 6.34. The number of nitro groups is 1. The first-order valence-corrected chi connectivity index (χ1v) is 7.93. The first-order chi connectivity index (χ1) is 10.8. The van der Waals surface area contributed by atoms with Crippen LogP contribution in [-0.4, -0.2) is 47.8 Å². The van der Waals surface area contributed by atoms with Gasteiger partial charge >= 0.3 is 15.9 Å². The van der Waals surface area contributed by atoms with Crippen molar-refractivity contribution in [2.75, 3.05) is 21.2 Å². The largest absolute Gasteiger partial charge is 0.490 e. The highest BCUT2D eigenvalue weighted by Gasteiger charge is 2.20. The topological polar surface area (TPSA) is 108 Å². The predicted molar refractivity (Wildman–Crippen MR) is 82.7 cm³/mol. The molecule has 0 spiro atoms. The van der Waals surface area contributed by atoms with Crippen LogP contribution in [-0.2, 0) is 16.6 Å². The molecule has 9 nitrogen and oxygen atoms in total. The van der Waals surface area contributed by atoms with Crippen LogP contribution in [0.3, 0.4) is 0 Å². The van der Waals surface area contributed by atoms with Gasteiger partial charge in [-0.05, 0) is 0 Å². The van der Waals surface area contributed by atoms with Crippen LogP contribution in [0, 0.1) is 10.1 Å².